The lowest BCUT2D eigenvalue weighted by Gasteiger charge is -2.59. The maximum atomic E-state index is 11.5. The molecule has 0 radical (unpaired) electrons. The largest absolute Gasteiger partial charge is 0.480 e. The molecule has 0 amide bonds. The van der Waals surface area contributed by atoms with Crippen LogP contribution in [0.2, 0.25) is 0 Å². The molecule has 1 N–H and O–H groups in total. The zero-order valence-corrected chi connectivity index (χ0v) is 9.45. The quantitative estimate of drug-likeness (QED) is 0.742. The summed E-state index contributed by atoms with van der Waals surface area (Å²) in [6.07, 6.45) is 1.77. The van der Waals surface area contributed by atoms with E-state index in [2.05, 4.69) is 18.7 Å². The highest BCUT2D eigenvalue weighted by atomic mass is 16.5. The third-order valence-corrected chi connectivity index (χ3v) is 4.14. The second-order valence-electron chi connectivity index (χ2n) is 5.15. The standard InChI is InChI=1S/C11H19NO3/c1-10(2)3-4-11(10,9(13)14)12-5-7-15-8-6-12/h3-8H2,1-2H3,(H,13,14). The number of hydrogen-bond acceptors (Lipinski definition) is 3. The molecule has 0 spiro atoms. The van der Waals surface area contributed by atoms with Gasteiger partial charge in [-0.25, -0.2) is 0 Å². The van der Waals surface area contributed by atoms with Gasteiger partial charge in [-0.15, -0.1) is 0 Å². The lowest BCUT2D eigenvalue weighted by atomic mass is 9.55. The van der Waals surface area contributed by atoms with Gasteiger partial charge in [0.1, 0.15) is 5.54 Å². The number of aliphatic carboxylic acids is 1. The van der Waals surface area contributed by atoms with E-state index in [9.17, 15) is 9.90 Å². The molecular formula is C11H19NO3. The van der Waals surface area contributed by atoms with Gasteiger partial charge < -0.3 is 9.84 Å². The average Bonchev–Trinajstić information content (AvgIpc) is 2.18. The van der Waals surface area contributed by atoms with E-state index in [-0.39, 0.29) is 5.41 Å². The fraction of sp³-hybridized carbons (Fsp3) is 0.909. The molecule has 1 atom stereocenters. The van der Waals surface area contributed by atoms with Gasteiger partial charge in [-0.05, 0) is 18.3 Å². The number of carboxylic acids is 1. The van der Waals surface area contributed by atoms with Gasteiger partial charge in [-0.3, -0.25) is 9.69 Å². The Balaban J connectivity index is 2.23. The highest BCUT2D eigenvalue weighted by Crippen LogP contribution is 2.53. The van der Waals surface area contributed by atoms with E-state index in [0.29, 0.717) is 13.2 Å². The topological polar surface area (TPSA) is 49.8 Å². The van der Waals surface area contributed by atoms with Crippen molar-refractivity contribution in [1.29, 1.82) is 0 Å². The predicted molar refractivity (Wildman–Crippen MR) is 55.8 cm³/mol. The van der Waals surface area contributed by atoms with Gasteiger partial charge in [0.05, 0.1) is 13.2 Å². The summed E-state index contributed by atoms with van der Waals surface area (Å²) in [5.74, 6) is -0.666. The number of ether oxygens (including phenoxy) is 1. The monoisotopic (exact) mass is 213 g/mol. The van der Waals surface area contributed by atoms with Gasteiger partial charge in [-0.1, -0.05) is 13.8 Å². The average molecular weight is 213 g/mol. The molecule has 0 aromatic carbocycles. The molecule has 1 aliphatic carbocycles. The molecule has 1 unspecified atom stereocenters. The molecule has 2 rings (SSSR count). The van der Waals surface area contributed by atoms with Crippen LogP contribution in [0.1, 0.15) is 26.7 Å². The highest BCUT2D eigenvalue weighted by molar-refractivity contribution is 5.81. The molecule has 15 heavy (non-hydrogen) atoms. The summed E-state index contributed by atoms with van der Waals surface area (Å²) in [5, 5.41) is 9.49. The van der Waals surface area contributed by atoms with Crippen molar-refractivity contribution in [1.82, 2.24) is 4.90 Å². The smallest absolute Gasteiger partial charge is 0.324 e. The van der Waals surface area contributed by atoms with Gasteiger partial charge in [0, 0.05) is 13.1 Å². The Labute approximate surface area is 90.2 Å². The van der Waals surface area contributed by atoms with Crippen LogP contribution in [0.15, 0.2) is 0 Å². The van der Waals surface area contributed by atoms with Crippen molar-refractivity contribution in [3.8, 4) is 0 Å². The molecule has 4 heteroatoms. The first-order valence-electron chi connectivity index (χ1n) is 5.57. The number of rotatable bonds is 2. The van der Waals surface area contributed by atoms with Gasteiger partial charge >= 0.3 is 5.97 Å². The Morgan fingerprint density at radius 3 is 2.20 bits per heavy atom. The molecule has 1 saturated carbocycles. The molecular weight excluding hydrogens is 194 g/mol. The number of carbonyl (C=O) groups is 1. The maximum Gasteiger partial charge on any atom is 0.324 e. The van der Waals surface area contributed by atoms with Gasteiger partial charge in [0.15, 0.2) is 0 Å². The highest BCUT2D eigenvalue weighted by Gasteiger charge is 2.61. The van der Waals surface area contributed by atoms with Crippen molar-refractivity contribution >= 4 is 5.97 Å². The minimum atomic E-state index is -0.666. The van der Waals surface area contributed by atoms with Crippen LogP contribution in [0.25, 0.3) is 0 Å². The SMILES string of the molecule is CC1(C)CCC1(C(=O)O)N1CCOCC1. The van der Waals surface area contributed by atoms with E-state index in [1.807, 2.05) is 0 Å². The molecule has 4 nitrogen and oxygen atoms in total. The van der Waals surface area contributed by atoms with Crippen molar-refractivity contribution in [2.24, 2.45) is 5.41 Å². The van der Waals surface area contributed by atoms with Crippen LogP contribution in [0.3, 0.4) is 0 Å². The molecule has 1 heterocycles. The van der Waals surface area contributed by atoms with E-state index in [1.165, 1.54) is 0 Å². The number of hydrogen-bond donors (Lipinski definition) is 1. The molecule has 2 fully saturated rings. The minimum absolute atomic E-state index is 0.115. The normalized spacial score (nSPS) is 35.9. The molecule has 0 aromatic rings. The first-order valence-corrected chi connectivity index (χ1v) is 5.57. The second-order valence-corrected chi connectivity index (χ2v) is 5.15. The van der Waals surface area contributed by atoms with Crippen LogP contribution in [0.5, 0.6) is 0 Å². The fourth-order valence-electron chi connectivity index (χ4n) is 2.92. The van der Waals surface area contributed by atoms with E-state index >= 15 is 0 Å². The number of morpholine rings is 1. The maximum absolute atomic E-state index is 11.5. The van der Waals surface area contributed by atoms with Crippen LogP contribution in [0.4, 0.5) is 0 Å². The summed E-state index contributed by atoms with van der Waals surface area (Å²) in [6, 6.07) is 0. The van der Waals surface area contributed by atoms with Crippen LogP contribution < -0.4 is 0 Å². The summed E-state index contributed by atoms with van der Waals surface area (Å²) in [7, 11) is 0. The van der Waals surface area contributed by atoms with Crippen molar-refractivity contribution in [2.75, 3.05) is 26.3 Å². The number of carboxylic acid groups (broad SMARTS) is 1. The zero-order valence-electron chi connectivity index (χ0n) is 9.45. The van der Waals surface area contributed by atoms with E-state index in [0.717, 1.165) is 25.9 Å². The molecule has 1 saturated heterocycles. The Morgan fingerprint density at radius 1 is 1.27 bits per heavy atom. The third kappa shape index (κ3) is 1.39. The third-order valence-electron chi connectivity index (χ3n) is 4.14. The molecule has 0 aromatic heterocycles. The lowest BCUT2D eigenvalue weighted by molar-refractivity contribution is -0.185. The molecule has 2 aliphatic rings. The lowest BCUT2D eigenvalue weighted by Crippen LogP contribution is -2.70. The fourth-order valence-corrected chi connectivity index (χ4v) is 2.92. The first-order chi connectivity index (χ1) is 7.01. The van der Waals surface area contributed by atoms with Gasteiger partial charge in [0.2, 0.25) is 0 Å². The van der Waals surface area contributed by atoms with Crippen LogP contribution in [-0.4, -0.2) is 47.8 Å². The summed E-state index contributed by atoms with van der Waals surface area (Å²) in [6.45, 7) is 6.92. The van der Waals surface area contributed by atoms with Crippen LogP contribution in [0, 0.1) is 5.41 Å². The van der Waals surface area contributed by atoms with E-state index in [4.69, 9.17) is 4.74 Å². The molecule has 1 aliphatic heterocycles. The first kappa shape index (κ1) is 10.9. The van der Waals surface area contributed by atoms with Crippen LogP contribution >= 0.6 is 0 Å². The summed E-state index contributed by atoms with van der Waals surface area (Å²) < 4.78 is 5.28. The number of nitrogens with zero attached hydrogens (tertiary/aromatic N) is 1. The van der Waals surface area contributed by atoms with Crippen molar-refractivity contribution < 1.29 is 14.6 Å². The van der Waals surface area contributed by atoms with Crippen LogP contribution in [-0.2, 0) is 9.53 Å². The molecule has 86 valence electrons. The zero-order chi connectivity index (χ0) is 11.1. The Kier molecular flexibility index (Phi) is 2.51. The summed E-state index contributed by atoms with van der Waals surface area (Å²) in [4.78, 5) is 13.6. The van der Waals surface area contributed by atoms with E-state index < -0.39 is 11.5 Å². The van der Waals surface area contributed by atoms with E-state index in [1.54, 1.807) is 0 Å². The minimum Gasteiger partial charge on any atom is -0.480 e. The van der Waals surface area contributed by atoms with Crippen molar-refractivity contribution in [3.05, 3.63) is 0 Å². The van der Waals surface area contributed by atoms with Crippen molar-refractivity contribution in [3.63, 3.8) is 0 Å². The Bertz CT molecular complexity index is 271. The summed E-state index contributed by atoms with van der Waals surface area (Å²) in [5.41, 5.74) is -0.757. The van der Waals surface area contributed by atoms with Gasteiger partial charge in [-0.2, -0.15) is 0 Å². The van der Waals surface area contributed by atoms with Crippen molar-refractivity contribution in [2.45, 2.75) is 32.2 Å². The second kappa shape index (κ2) is 3.46. The summed E-state index contributed by atoms with van der Waals surface area (Å²) >= 11 is 0. The Hall–Kier alpha value is -0.610. The predicted octanol–water partition coefficient (Wildman–Crippen LogP) is 0.962. The molecule has 0 bridgehead atoms. The Morgan fingerprint density at radius 2 is 1.87 bits per heavy atom. The van der Waals surface area contributed by atoms with Gasteiger partial charge in [0.25, 0.3) is 0 Å².